The number of benzene rings is 1. The van der Waals surface area contributed by atoms with Crippen LogP contribution in [0.1, 0.15) is 32.0 Å². The molecular weight excluding hydrogens is 350 g/mol. The highest BCUT2D eigenvalue weighted by atomic mass is 16.6. The van der Waals surface area contributed by atoms with E-state index in [1.165, 1.54) is 10.9 Å². The van der Waals surface area contributed by atoms with Crippen molar-refractivity contribution in [3.8, 4) is 0 Å². The number of nitrogens with zero attached hydrogens (tertiary/aromatic N) is 3. The minimum Gasteiger partial charge on any atom is -0.444 e. The number of hydrogen-bond acceptors (Lipinski definition) is 6. The molecule has 0 atom stereocenters. The highest BCUT2D eigenvalue weighted by molar-refractivity contribution is 5.90. The predicted octanol–water partition coefficient (Wildman–Crippen LogP) is 1.48. The molecule has 1 heterocycles. The highest BCUT2D eigenvalue weighted by Crippen LogP contribution is 2.10. The molecule has 0 saturated carbocycles. The zero-order chi connectivity index (χ0) is 19.9. The minimum atomic E-state index is -0.518. The maximum absolute atomic E-state index is 12.0. The van der Waals surface area contributed by atoms with Crippen LogP contribution >= 0.6 is 0 Å². The van der Waals surface area contributed by atoms with E-state index in [1.807, 2.05) is 32.9 Å². The van der Waals surface area contributed by atoms with E-state index in [-0.39, 0.29) is 19.1 Å². The first kappa shape index (κ1) is 20.4. The van der Waals surface area contributed by atoms with Crippen molar-refractivity contribution >= 4 is 17.7 Å². The van der Waals surface area contributed by atoms with Crippen molar-refractivity contribution in [3.63, 3.8) is 0 Å². The van der Waals surface area contributed by atoms with E-state index in [0.29, 0.717) is 24.3 Å². The first-order valence-electron chi connectivity index (χ1n) is 8.61. The van der Waals surface area contributed by atoms with Crippen LogP contribution in [-0.4, -0.2) is 44.2 Å². The summed E-state index contributed by atoms with van der Waals surface area (Å²) < 4.78 is 6.53. The minimum absolute atomic E-state index is 0.00849. The molecule has 0 aliphatic heterocycles. The number of carbonyl (C=O) groups excluding carboxylic acids is 2. The Morgan fingerprint density at radius 3 is 2.52 bits per heavy atom. The third-order valence-electron chi connectivity index (χ3n) is 3.37. The second-order valence-electron chi connectivity index (χ2n) is 6.99. The first-order valence-corrected chi connectivity index (χ1v) is 8.61. The van der Waals surface area contributed by atoms with Gasteiger partial charge in [-0.3, -0.25) is 4.79 Å². The molecule has 0 unspecified atom stereocenters. The van der Waals surface area contributed by atoms with Gasteiger partial charge in [0.05, 0.1) is 12.8 Å². The summed E-state index contributed by atoms with van der Waals surface area (Å²) in [6.45, 7) is 5.69. The van der Waals surface area contributed by atoms with E-state index >= 15 is 0 Å². The van der Waals surface area contributed by atoms with Crippen LogP contribution in [0.4, 0.5) is 10.5 Å². The van der Waals surface area contributed by atoms with Crippen LogP contribution < -0.4 is 10.6 Å². The molecule has 0 aliphatic carbocycles. The van der Waals surface area contributed by atoms with E-state index in [4.69, 9.17) is 9.84 Å². The summed E-state index contributed by atoms with van der Waals surface area (Å²) >= 11 is 0. The molecule has 2 amide bonds. The third kappa shape index (κ3) is 7.45. The lowest BCUT2D eigenvalue weighted by molar-refractivity contribution is -0.116. The lowest BCUT2D eigenvalue weighted by Gasteiger charge is -2.19. The van der Waals surface area contributed by atoms with Gasteiger partial charge in [0.2, 0.25) is 5.91 Å². The molecule has 146 valence electrons. The van der Waals surface area contributed by atoms with Crippen molar-refractivity contribution in [3.05, 3.63) is 41.7 Å². The smallest absolute Gasteiger partial charge is 0.407 e. The van der Waals surface area contributed by atoms with Crippen LogP contribution in [0, 0.1) is 0 Å². The molecule has 0 spiro atoms. The fraction of sp³-hybridized carbons (Fsp3) is 0.444. The molecule has 1 aromatic heterocycles. The number of hydrogen-bond donors (Lipinski definition) is 3. The molecule has 1 aromatic carbocycles. The number of nitrogens with one attached hydrogen (secondary N) is 2. The Labute approximate surface area is 157 Å². The van der Waals surface area contributed by atoms with Gasteiger partial charge in [0.25, 0.3) is 0 Å². The second-order valence-corrected chi connectivity index (χ2v) is 6.99. The molecular formula is C18H25N5O4. The van der Waals surface area contributed by atoms with Crippen LogP contribution in [0.3, 0.4) is 0 Å². The number of aromatic nitrogens is 3. The number of ether oxygens (including phenoxy) is 1. The summed E-state index contributed by atoms with van der Waals surface area (Å²) in [5.74, 6) is -0.247. The molecule has 0 saturated heterocycles. The van der Waals surface area contributed by atoms with Gasteiger partial charge in [-0.05, 0) is 44.9 Å². The summed E-state index contributed by atoms with van der Waals surface area (Å²) in [5, 5.41) is 21.9. The Morgan fingerprint density at radius 2 is 1.93 bits per heavy atom. The Kier molecular flexibility index (Phi) is 6.89. The van der Waals surface area contributed by atoms with E-state index in [1.54, 1.807) is 12.1 Å². The van der Waals surface area contributed by atoms with Crippen molar-refractivity contribution in [1.82, 2.24) is 20.3 Å². The van der Waals surface area contributed by atoms with E-state index in [0.717, 1.165) is 5.56 Å². The molecule has 2 rings (SSSR count). The van der Waals surface area contributed by atoms with Crippen LogP contribution in [0.15, 0.2) is 30.5 Å². The number of aliphatic hydroxyl groups is 1. The van der Waals surface area contributed by atoms with Gasteiger partial charge in [-0.1, -0.05) is 17.3 Å². The Bertz CT molecular complexity index is 765. The summed E-state index contributed by atoms with van der Waals surface area (Å²) in [4.78, 5) is 23.6. The average molecular weight is 375 g/mol. The quantitative estimate of drug-likeness (QED) is 0.674. The Balaban J connectivity index is 1.75. The molecule has 0 radical (unpaired) electrons. The highest BCUT2D eigenvalue weighted by Gasteiger charge is 2.15. The lowest BCUT2D eigenvalue weighted by Crippen LogP contribution is -2.33. The number of aliphatic hydroxyl groups excluding tert-OH is 1. The van der Waals surface area contributed by atoms with Crippen molar-refractivity contribution in [2.75, 3.05) is 11.9 Å². The van der Waals surface area contributed by atoms with Gasteiger partial charge in [0.15, 0.2) is 0 Å². The maximum Gasteiger partial charge on any atom is 0.407 e. The van der Waals surface area contributed by atoms with Crippen molar-refractivity contribution in [1.29, 1.82) is 0 Å². The topological polar surface area (TPSA) is 118 Å². The fourth-order valence-corrected chi connectivity index (χ4v) is 2.21. The zero-order valence-corrected chi connectivity index (χ0v) is 15.7. The van der Waals surface area contributed by atoms with Crippen LogP contribution in [0.5, 0.6) is 0 Å². The number of amides is 2. The average Bonchev–Trinajstić information content (AvgIpc) is 3.02. The Hall–Kier alpha value is -2.94. The van der Waals surface area contributed by atoms with E-state index in [9.17, 15) is 9.59 Å². The van der Waals surface area contributed by atoms with Gasteiger partial charge in [-0.15, -0.1) is 5.10 Å². The van der Waals surface area contributed by atoms with Crippen LogP contribution in [0.25, 0.3) is 0 Å². The molecule has 9 heteroatoms. The monoisotopic (exact) mass is 375 g/mol. The normalized spacial score (nSPS) is 11.1. The molecule has 2 aromatic rings. The number of anilines is 1. The van der Waals surface area contributed by atoms with E-state index in [2.05, 4.69) is 20.9 Å². The number of alkyl carbamates (subject to hydrolysis) is 1. The van der Waals surface area contributed by atoms with Gasteiger partial charge in [-0.2, -0.15) is 0 Å². The largest absolute Gasteiger partial charge is 0.444 e. The fourth-order valence-electron chi connectivity index (χ4n) is 2.21. The number of carbonyl (C=O) groups is 2. The summed E-state index contributed by atoms with van der Waals surface area (Å²) in [7, 11) is 0. The molecule has 0 fully saturated rings. The van der Waals surface area contributed by atoms with Crippen LogP contribution in [0.2, 0.25) is 0 Å². The SMILES string of the molecule is CC(C)(C)OC(=O)NCCc1ccc(NC(=O)Cn2cc(CO)nn2)cc1. The lowest BCUT2D eigenvalue weighted by atomic mass is 10.1. The maximum atomic E-state index is 12.0. The van der Waals surface area contributed by atoms with Crippen molar-refractivity contribution in [2.24, 2.45) is 0 Å². The summed E-state index contributed by atoms with van der Waals surface area (Å²) in [6.07, 6.45) is 1.72. The molecule has 3 N–H and O–H groups in total. The summed E-state index contributed by atoms with van der Waals surface area (Å²) in [6, 6.07) is 7.35. The van der Waals surface area contributed by atoms with Gasteiger partial charge in [0, 0.05) is 12.2 Å². The van der Waals surface area contributed by atoms with Gasteiger partial charge in [0.1, 0.15) is 17.8 Å². The zero-order valence-electron chi connectivity index (χ0n) is 15.7. The third-order valence-corrected chi connectivity index (χ3v) is 3.37. The second kappa shape index (κ2) is 9.13. The standard InChI is InChI=1S/C18H25N5O4/c1-18(2,3)27-17(26)19-9-8-13-4-6-14(7-5-13)20-16(25)11-23-10-15(12-24)21-22-23/h4-7,10,24H,8-9,11-12H2,1-3H3,(H,19,26)(H,20,25). The predicted molar refractivity (Wildman–Crippen MR) is 99.0 cm³/mol. The van der Waals surface area contributed by atoms with Crippen molar-refractivity contribution < 1.29 is 19.4 Å². The molecule has 9 nitrogen and oxygen atoms in total. The molecule has 27 heavy (non-hydrogen) atoms. The van der Waals surface area contributed by atoms with Gasteiger partial charge < -0.3 is 20.5 Å². The summed E-state index contributed by atoms with van der Waals surface area (Å²) in [5.41, 5.74) is 1.57. The first-order chi connectivity index (χ1) is 12.7. The van der Waals surface area contributed by atoms with Gasteiger partial charge >= 0.3 is 6.09 Å². The van der Waals surface area contributed by atoms with E-state index < -0.39 is 11.7 Å². The molecule has 0 aliphatic rings. The number of rotatable bonds is 7. The molecule has 0 bridgehead atoms. The van der Waals surface area contributed by atoms with Crippen LogP contribution in [-0.2, 0) is 29.1 Å². The van der Waals surface area contributed by atoms with Gasteiger partial charge in [-0.25, -0.2) is 9.48 Å². The Morgan fingerprint density at radius 1 is 1.22 bits per heavy atom. The van der Waals surface area contributed by atoms with Crippen molar-refractivity contribution in [2.45, 2.75) is 45.9 Å².